The van der Waals surface area contributed by atoms with Gasteiger partial charge in [-0.05, 0) is 44.2 Å². The van der Waals surface area contributed by atoms with E-state index in [1.165, 1.54) is 50.8 Å². The molecule has 0 bridgehead atoms. The van der Waals surface area contributed by atoms with E-state index in [4.69, 9.17) is 0 Å². The third-order valence-corrected chi connectivity index (χ3v) is 3.88. The van der Waals surface area contributed by atoms with Gasteiger partial charge in [0.1, 0.15) is 0 Å². The first-order chi connectivity index (χ1) is 6.83. The van der Waals surface area contributed by atoms with Gasteiger partial charge < -0.3 is 5.32 Å². The van der Waals surface area contributed by atoms with Crippen molar-refractivity contribution in [2.45, 2.75) is 51.5 Å². The highest BCUT2D eigenvalue weighted by Crippen LogP contribution is 2.28. The number of thioether (sulfide) groups is 1. The van der Waals surface area contributed by atoms with Gasteiger partial charge >= 0.3 is 0 Å². The molecule has 1 aliphatic rings. The Labute approximate surface area is 93.4 Å². The van der Waals surface area contributed by atoms with Crippen LogP contribution in [-0.2, 0) is 0 Å². The molecule has 1 rings (SSSR count). The molecule has 84 valence electrons. The van der Waals surface area contributed by atoms with Crippen molar-refractivity contribution in [2.24, 2.45) is 5.92 Å². The van der Waals surface area contributed by atoms with Gasteiger partial charge in [-0.25, -0.2) is 0 Å². The highest BCUT2D eigenvalue weighted by Gasteiger charge is 2.17. The molecule has 0 aromatic heterocycles. The summed E-state index contributed by atoms with van der Waals surface area (Å²) in [6.07, 6.45) is 10.8. The van der Waals surface area contributed by atoms with Gasteiger partial charge in [0.15, 0.2) is 0 Å². The maximum Gasteiger partial charge on any atom is 0.00413 e. The second kappa shape index (κ2) is 7.58. The van der Waals surface area contributed by atoms with E-state index in [0.717, 1.165) is 12.0 Å². The summed E-state index contributed by atoms with van der Waals surface area (Å²) >= 11 is 1.95. The van der Waals surface area contributed by atoms with E-state index >= 15 is 0 Å². The summed E-state index contributed by atoms with van der Waals surface area (Å²) in [6.45, 7) is 3.55. The van der Waals surface area contributed by atoms with Crippen LogP contribution in [0.1, 0.15) is 45.4 Å². The molecule has 1 unspecified atom stereocenters. The fraction of sp³-hybridized carbons (Fsp3) is 1.00. The van der Waals surface area contributed by atoms with Crippen molar-refractivity contribution in [1.29, 1.82) is 0 Å². The van der Waals surface area contributed by atoms with Crippen LogP contribution in [0.15, 0.2) is 0 Å². The van der Waals surface area contributed by atoms with Crippen molar-refractivity contribution < 1.29 is 0 Å². The molecule has 0 saturated heterocycles. The van der Waals surface area contributed by atoms with Crippen LogP contribution in [0.5, 0.6) is 0 Å². The van der Waals surface area contributed by atoms with Crippen LogP contribution in [0.4, 0.5) is 0 Å². The lowest BCUT2D eigenvalue weighted by Gasteiger charge is -2.17. The van der Waals surface area contributed by atoms with Gasteiger partial charge in [-0.3, -0.25) is 0 Å². The second-order valence-electron chi connectivity index (χ2n) is 4.59. The van der Waals surface area contributed by atoms with Crippen molar-refractivity contribution >= 4 is 11.8 Å². The summed E-state index contributed by atoms with van der Waals surface area (Å²) in [5.41, 5.74) is 0. The van der Waals surface area contributed by atoms with E-state index < -0.39 is 0 Å². The maximum atomic E-state index is 3.63. The fourth-order valence-electron chi connectivity index (χ4n) is 2.39. The van der Waals surface area contributed by atoms with Gasteiger partial charge in [0.25, 0.3) is 0 Å². The van der Waals surface area contributed by atoms with Crippen molar-refractivity contribution in [2.75, 3.05) is 18.6 Å². The average molecular weight is 215 g/mol. The predicted molar refractivity (Wildman–Crippen MR) is 67.0 cm³/mol. The first-order valence-electron chi connectivity index (χ1n) is 6.05. The molecule has 0 radical (unpaired) electrons. The molecular formula is C12H25NS. The summed E-state index contributed by atoms with van der Waals surface area (Å²) in [5, 5.41) is 3.63. The van der Waals surface area contributed by atoms with Crippen LogP contribution in [0.2, 0.25) is 0 Å². The zero-order chi connectivity index (χ0) is 10.2. The van der Waals surface area contributed by atoms with Gasteiger partial charge in [0.05, 0.1) is 0 Å². The van der Waals surface area contributed by atoms with E-state index in [-0.39, 0.29) is 0 Å². The van der Waals surface area contributed by atoms with Crippen molar-refractivity contribution in [3.8, 4) is 0 Å². The number of hydrogen-bond donors (Lipinski definition) is 1. The predicted octanol–water partition coefficient (Wildman–Crippen LogP) is 3.30. The van der Waals surface area contributed by atoms with Crippen molar-refractivity contribution in [3.05, 3.63) is 0 Å². The topological polar surface area (TPSA) is 12.0 Å². The van der Waals surface area contributed by atoms with Crippen LogP contribution in [0, 0.1) is 5.92 Å². The minimum atomic E-state index is 0.736. The van der Waals surface area contributed by atoms with E-state index in [1.807, 2.05) is 11.8 Å². The van der Waals surface area contributed by atoms with Crippen LogP contribution in [0.25, 0.3) is 0 Å². The molecule has 0 amide bonds. The Balaban J connectivity index is 1.95. The first kappa shape index (κ1) is 12.4. The van der Waals surface area contributed by atoms with Crippen LogP contribution in [0.3, 0.4) is 0 Å². The quantitative estimate of drug-likeness (QED) is 0.654. The summed E-state index contributed by atoms with van der Waals surface area (Å²) in [6, 6.07) is 0.736. The van der Waals surface area contributed by atoms with E-state index in [9.17, 15) is 0 Å². The average Bonchev–Trinajstić information content (AvgIpc) is 2.65. The summed E-state index contributed by atoms with van der Waals surface area (Å²) in [7, 11) is 0. The number of rotatable bonds is 7. The van der Waals surface area contributed by atoms with Crippen molar-refractivity contribution in [1.82, 2.24) is 5.32 Å². The number of nitrogens with one attached hydrogen (secondary N) is 1. The lowest BCUT2D eigenvalue weighted by Crippen LogP contribution is -2.29. The molecule has 0 aromatic rings. The Morgan fingerprint density at radius 3 is 2.71 bits per heavy atom. The summed E-state index contributed by atoms with van der Waals surface area (Å²) in [5.74, 6) is 2.32. The van der Waals surface area contributed by atoms with Crippen LogP contribution < -0.4 is 5.32 Å². The maximum absolute atomic E-state index is 3.63. The second-order valence-corrected chi connectivity index (χ2v) is 5.57. The van der Waals surface area contributed by atoms with Crippen molar-refractivity contribution in [3.63, 3.8) is 0 Å². The summed E-state index contributed by atoms with van der Waals surface area (Å²) in [4.78, 5) is 0. The smallest absolute Gasteiger partial charge is 0.00413 e. The Morgan fingerprint density at radius 1 is 1.36 bits per heavy atom. The Bertz CT molecular complexity index is 132. The van der Waals surface area contributed by atoms with E-state index in [1.54, 1.807) is 0 Å². The monoisotopic (exact) mass is 215 g/mol. The highest BCUT2D eigenvalue weighted by molar-refractivity contribution is 7.98. The third kappa shape index (κ3) is 5.26. The largest absolute Gasteiger partial charge is 0.314 e. The van der Waals surface area contributed by atoms with Gasteiger partial charge in [0, 0.05) is 6.04 Å². The molecule has 1 saturated carbocycles. The highest BCUT2D eigenvalue weighted by atomic mass is 32.2. The van der Waals surface area contributed by atoms with Gasteiger partial charge in [-0.2, -0.15) is 11.8 Å². The molecule has 1 atom stereocenters. The molecule has 1 fully saturated rings. The lowest BCUT2D eigenvalue weighted by atomic mass is 9.99. The molecular weight excluding hydrogens is 190 g/mol. The molecule has 0 spiro atoms. The van der Waals surface area contributed by atoms with Crippen LogP contribution in [-0.4, -0.2) is 24.6 Å². The SMILES string of the molecule is CSCCCNC(C)CC1CCCC1. The molecule has 0 heterocycles. The van der Waals surface area contributed by atoms with Gasteiger partial charge in [-0.15, -0.1) is 0 Å². The zero-order valence-corrected chi connectivity index (χ0v) is 10.5. The Morgan fingerprint density at radius 2 is 2.07 bits per heavy atom. The normalized spacial score (nSPS) is 20.1. The first-order valence-corrected chi connectivity index (χ1v) is 7.44. The lowest BCUT2D eigenvalue weighted by molar-refractivity contribution is 0.406. The molecule has 0 aliphatic heterocycles. The summed E-state index contributed by atoms with van der Waals surface area (Å²) < 4.78 is 0. The zero-order valence-electron chi connectivity index (χ0n) is 9.72. The Hall–Kier alpha value is 0.310. The Kier molecular flexibility index (Phi) is 6.70. The fourth-order valence-corrected chi connectivity index (χ4v) is 2.83. The minimum Gasteiger partial charge on any atom is -0.314 e. The van der Waals surface area contributed by atoms with Crippen LogP contribution >= 0.6 is 11.8 Å². The number of hydrogen-bond acceptors (Lipinski definition) is 2. The molecule has 0 aromatic carbocycles. The van der Waals surface area contributed by atoms with E-state index in [0.29, 0.717) is 0 Å². The molecule has 1 N–H and O–H groups in total. The van der Waals surface area contributed by atoms with E-state index in [2.05, 4.69) is 18.5 Å². The molecule has 1 nitrogen and oxygen atoms in total. The van der Waals surface area contributed by atoms with Gasteiger partial charge in [-0.1, -0.05) is 25.7 Å². The minimum absolute atomic E-state index is 0.736. The molecule has 1 aliphatic carbocycles. The molecule has 14 heavy (non-hydrogen) atoms. The third-order valence-electron chi connectivity index (χ3n) is 3.18. The van der Waals surface area contributed by atoms with Gasteiger partial charge in [0.2, 0.25) is 0 Å². The standard InChI is InChI=1S/C12H25NS/c1-11(13-8-5-9-14-2)10-12-6-3-4-7-12/h11-13H,3-10H2,1-2H3. The molecule has 2 heteroatoms.